The molecule has 0 bridgehead atoms. The van der Waals surface area contributed by atoms with Gasteiger partial charge in [-0.15, -0.1) is 0 Å². The zero-order chi connectivity index (χ0) is 11.6. The Morgan fingerprint density at radius 3 is 2.19 bits per heavy atom. The van der Waals surface area contributed by atoms with Gasteiger partial charge in [0.15, 0.2) is 0 Å². The standard InChI is InChI=1S/C14H27NO/c1-11(2)12-6-8-14(10-15,9-7-12)16-13-4-3-5-13/h11-13H,3-10,15H2,1-2H3. The number of ether oxygens (including phenoxy) is 1. The Bertz CT molecular complexity index is 215. The van der Waals surface area contributed by atoms with Crippen LogP contribution in [0.3, 0.4) is 0 Å². The first kappa shape index (κ1) is 12.4. The summed E-state index contributed by atoms with van der Waals surface area (Å²) in [4.78, 5) is 0. The lowest BCUT2D eigenvalue weighted by molar-refractivity contribution is -0.139. The highest BCUT2D eigenvalue weighted by atomic mass is 16.5. The van der Waals surface area contributed by atoms with E-state index in [1.54, 1.807) is 0 Å². The normalized spacial score (nSPS) is 36.4. The van der Waals surface area contributed by atoms with Gasteiger partial charge in [-0.05, 0) is 56.8 Å². The minimum absolute atomic E-state index is 0.0382. The smallest absolute Gasteiger partial charge is 0.0808 e. The van der Waals surface area contributed by atoms with Gasteiger partial charge in [-0.3, -0.25) is 0 Å². The molecule has 2 nitrogen and oxygen atoms in total. The van der Waals surface area contributed by atoms with Crippen molar-refractivity contribution >= 4 is 0 Å². The number of hydrogen-bond acceptors (Lipinski definition) is 2. The molecule has 0 spiro atoms. The van der Waals surface area contributed by atoms with E-state index in [0.29, 0.717) is 12.6 Å². The monoisotopic (exact) mass is 225 g/mol. The summed E-state index contributed by atoms with van der Waals surface area (Å²) in [5, 5.41) is 0. The van der Waals surface area contributed by atoms with Crippen molar-refractivity contribution in [1.82, 2.24) is 0 Å². The third kappa shape index (κ3) is 2.60. The average molecular weight is 225 g/mol. The van der Waals surface area contributed by atoms with Crippen molar-refractivity contribution in [2.75, 3.05) is 6.54 Å². The minimum Gasteiger partial charge on any atom is -0.370 e. The molecule has 0 heterocycles. The van der Waals surface area contributed by atoms with E-state index < -0.39 is 0 Å². The van der Waals surface area contributed by atoms with Crippen LogP contribution in [0.4, 0.5) is 0 Å². The van der Waals surface area contributed by atoms with E-state index in [9.17, 15) is 0 Å². The van der Waals surface area contributed by atoms with E-state index in [1.165, 1.54) is 44.9 Å². The molecule has 0 aromatic rings. The summed E-state index contributed by atoms with van der Waals surface area (Å²) in [5.41, 5.74) is 6.00. The molecule has 2 fully saturated rings. The summed E-state index contributed by atoms with van der Waals surface area (Å²) in [5.74, 6) is 1.71. The molecule has 2 aliphatic carbocycles. The lowest BCUT2D eigenvalue weighted by atomic mass is 9.74. The Morgan fingerprint density at radius 1 is 1.19 bits per heavy atom. The molecule has 2 aliphatic rings. The van der Waals surface area contributed by atoms with E-state index in [1.807, 2.05) is 0 Å². The summed E-state index contributed by atoms with van der Waals surface area (Å²) in [6.45, 7) is 5.40. The fraction of sp³-hybridized carbons (Fsp3) is 1.00. The number of nitrogens with two attached hydrogens (primary N) is 1. The van der Waals surface area contributed by atoms with Gasteiger partial charge in [0.2, 0.25) is 0 Å². The van der Waals surface area contributed by atoms with Crippen LogP contribution in [-0.2, 0) is 4.74 Å². The van der Waals surface area contributed by atoms with E-state index in [0.717, 1.165) is 11.8 Å². The van der Waals surface area contributed by atoms with Crippen molar-refractivity contribution in [3.8, 4) is 0 Å². The second-order valence-corrected chi connectivity index (χ2v) is 6.14. The molecule has 2 saturated carbocycles. The third-order valence-electron chi connectivity index (χ3n) is 4.73. The van der Waals surface area contributed by atoms with Crippen molar-refractivity contribution < 1.29 is 4.74 Å². The molecule has 16 heavy (non-hydrogen) atoms. The van der Waals surface area contributed by atoms with E-state index in [2.05, 4.69) is 13.8 Å². The summed E-state index contributed by atoms with van der Waals surface area (Å²) in [7, 11) is 0. The van der Waals surface area contributed by atoms with Crippen LogP contribution < -0.4 is 5.73 Å². The van der Waals surface area contributed by atoms with Crippen LogP contribution >= 0.6 is 0 Å². The SMILES string of the molecule is CC(C)C1CCC(CN)(OC2CCC2)CC1. The van der Waals surface area contributed by atoms with Crippen LogP contribution in [0, 0.1) is 11.8 Å². The minimum atomic E-state index is 0.0382. The van der Waals surface area contributed by atoms with Gasteiger partial charge in [0, 0.05) is 6.54 Å². The van der Waals surface area contributed by atoms with Crippen molar-refractivity contribution in [2.24, 2.45) is 17.6 Å². The lowest BCUT2D eigenvalue weighted by Crippen LogP contribution is -2.48. The van der Waals surface area contributed by atoms with Gasteiger partial charge in [0.05, 0.1) is 11.7 Å². The Labute approximate surface area is 99.9 Å². The van der Waals surface area contributed by atoms with Crippen molar-refractivity contribution in [1.29, 1.82) is 0 Å². The zero-order valence-electron chi connectivity index (χ0n) is 10.9. The van der Waals surface area contributed by atoms with Gasteiger partial charge in [-0.1, -0.05) is 13.8 Å². The van der Waals surface area contributed by atoms with Crippen LogP contribution in [0.2, 0.25) is 0 Å². The highest BCUT2D eigenvalue weighted by Crippen LogP contribution is 2.40. The predicted octanol–water partition coefficient (Wildman–Crippen LogP) is 3.10. The van der Waals surface area contributed by atoms with Crippen molar-refractivity contribution in [3.05, 3.63) is 0 Å². The summed E-state index contributed by atoms with van der Waals surface area (Å²) in [6.07, 6.45) is 9.37. The van der Waals surface area contributed by atoms with Crippen molar-refractivity contribution in [2.45, 2.75) is 70.5 Å². The maximum absolute atomic E-state index is 6.27. The van der Waals surface area contributed by atoms with Gasteiger partial charge in [0.25, 0.3) is 0 Å². The molecule has 0 radical (unpaired) electrons. The fourth-order valence-electron chi connectivity index (χ4n) is 3.05. The second kappa shape index (κ2) is 5.05. The molecule has 2 rings (SSSR count). The molecule has 2 heteroatoms. The van der Waals surface area contributed by atoms with Crippen LogP contribution in [0.25, 0.3) is 0 Å². The molecule has 0 amide bonds. The van der Waals surface area contributed by atoms with Crippen molar-refractivity contribution in [3.63, 3.8) is 0 Å². The molecule has 2 N–H and O–H groups in total. The first-order chi connectivity index (χ1) is 7.65. The maximum Gasteiger partial charge on any atom is 0.0808 e. The molecule has 0 aromatic heterocycles. The van der Waals surface area contributed by atoms with Crippen LogP contribution in [0.15, 0.2) is 0 Å². The molecular formula is C14H27NO. The fourth-order valence-corrected chi connectivity index (χ4v) is 3.05. The highest BCUT2D eigenvalue weighted by Gasteiger charge is 2.38. The predicted molar refractivity (Wildman–Crippen MR) is 67.3 cm³/mol. The van der Waals surface area contributed by atoms with Gasteiger partial charge in [0.1, 0.15) is 0 Å². The van der Waals surface area contributed by atoms with E-state index in [-0.39, 0.29) is 5.60 Å². The highest BCUT2D eigenvalue weighted by molar-refractivity contribution is 4.91. The second-order valence-electron chi connectivity index (χ2n) is 6.14. The first-order valence-corrected chi connectivity index (χ1v) is 7.03. The van der Waals surface area contributed by atoms with E-state index >= 15 is 0 Å². The molecule has 94 valence electrons. The van der Waals surface area contributed by atoms with Gasteiger partial charge in [-0.25, -0.2) is 0 Å². The summed E-state index contributed by atoms with van der Waals surface area (Å²) < 4.78 is 6.27. The molecule has 0 atom stereocenters. The first-order valence-electron chi connectivity index (χ1n) is 7.03. The third-order valence-corrected chi connectivity index (χ3v) is 4.73. The lowest BCUT2D eigenvalue weighted by Gasteiger charge is -2.44. The van der Waals surface area contributed by atoms with Gasteiger partial charge in [-0.2, -0.15) is 0 Å². The zero-order valence-corrected chi connectivity index (χ0v) is 10.9. The summed E-state index contributed by atoms with van der Waals surface area (Å²) in [6, 6.07) is 0. The Balaban J connectivity index is 1.86. The quantitative estimate of drug-likeness (QED) is 0.798. The molecule has 0 aliphatic heterocycles. The van der Waals surface area contributed by atoms with Gasteiger partial charge >= 0.3 is 0 Å². The number of rotatable bonds is 4. The van der Waals surface area contributed by atoms with Gasteiger partial charge < -0.3 is 10.5 Å². The maximum atomic E-state index is 6.27. The molecule has 0 saturated heterocycles. The average Bonchev–Trinajstić information content (AvgIpc) is 2.24. The Morgan fingerprint density at radius 2 is 1.81 bits per heavy atom. The Kier molecular flexibility index (Phi) is 3.91. The molecule has 0 unspecified atom stereocenters. The molecular weight excluding hydrogens is 198 g/mol. The molecule has 0 aromatic carbocycles. The van der Waals surface area contributed by atoms with Crippen LogP contribution in [-0.4, -0.2) is 18.2 Å². The Hall–Kier alpha value is -0.0800. The summed E-state index contributed by atoms with van der Waals surface area (Å²) >= 11 is 0. The largest absolute Gasteiger partial charge is 0.370 e. The van der Waals surface area contributed by atoms with Crippen LogP contribution in [0.5, 0.6) is 0 Å². The van der Waals surface area contributed by atoms with Crippen LogP contribution in [0.1, 0.15) is 58.8 Å². The topological polar surface area (TPSA) is 35.2 Å². The number of hydrogen-bond donors (Lipinski definition) is 1. The van der Waals surface area contributed by atoms with E-state index in [4.69, 9.17) is 10.5 Å².